The van der Waals surface area contributed by atoms with Gasteiger partial charge in [0.15, 0.2) is 0 Å². The fourth-order valence-corrected chi connectivity index (χ4v) is 3.74. The second kappa shape index (κ2) is 6.29. The van der Waals surface area contributed by atoms with E-state index in [0.29, 0.717) is 0 Å². The summed E-state index contributed by atoms with van der Waals surface area (Å²) >= 11 is 0. The summed E-state index contributed by atoms with van der Waals surface area (Å²) in [5.41, 5.74) is 3.28. The standard InChI is InChI=1S/C20H21FN2O/c1-24-16-6-4-5-14(11-16)20(23-9-2-3-10-23)18-13-22-19-8-7-15(21)12-17(18)19/h4-8,11-13,20,22H,2-3,9-10H2,1H3. The first-order valence-corrected chi connectivity index (χ1v) is 8.41. The van der Waals surface area contributed by atoms with Crippen LogP contribution in [-0.2, 0) is 0 Å². The van der Waals surface area contributed by atoms with Gasteiger partial charge in [-0.1, -0.05) is 12.1 Å². The average molecular weight is 324 g/mol. The summed E-state index contributed by atoms with van der Waals surface area (Å²) in [6.07, 6.45) is 4.43. The molecular weight excluding hydrogens is 303 g/mol. The van der Waals surface area contributed by atoms with Crippen molar-refractivity contribution >= 4 is 10.9 Å². The number of hydrogen-bond acceptors (Lipinski definition) is 2. The van der Waals surface area contributed by atoms with Gasteiger partial charge in [-0.05, 0) is 67.4 Å². The van der Waals surface area contributed by atoms with Crippen LogP contribution < -0.4 is 4.74 Å². The summed E-state index contributed by atoms with van der Waals surface area (Å²) in [6.45, 7) is 2.12. The van der Waals surface area contributed by atoms with Crippen molar-refractivity contribution in [1.82, 2.24) is 9.88 Å². The largest absolute Gasteiger partial charge is 0.497 e. The Morgan fingerprint density at radius 1 is 1.12 bits per heavy atom. The van der Waals surface area contributed by atoms with Gasteiger partial charge in [-0.25, -0.2) is 4.39 Å². The van der Waals surface area contributed by atoms with Gasteiger partial charge in [-0.2, -0.15) is 0 Å². The number of H-pyrrole nitrogens is 1. The Morgan fingerprint density at radius 2 is 1.96 bits per heavy atom. The number of fused-ring (bicyclic) bond motifs is 1. The Hall–Kier alpha value is -2.33. The number of rotatable bonds is 4. The van der Waals surface area contributed by atoms with E-state index in [9.17, 15) is 4.39 Å². The molecule has 4 rings (SSSR count). The molecule has 1 N–H and O–H groups in total. The lowest BCUT2D eigenvalue weighted by Gasteiger charge is -2.28. The van der Waals surface area contributed by atoms with Gasteiger partial charge >= 0.3 is 0 Å². The summed E-state index contributed by atoms with van der Waals surface area (Å²) < 4.78 is 19.2. The topological polar surface area (TPSA) is 28.3 Å². The Morgan fingerprint density at radius 3 is 2.75 bits per heavy atom. The lowest BCUT2D eigenvalue weighted by molar-refractivity contribution is 0.282. The van der Waals surface area contributed by atoms with Crippen LogP contribution in [0, 0.1) is 5.82 Å². The highest BCUT2D eigenvalue weighted by Gasteiger charge is 2.27. The minimum absolute atomic E-state index is 0.109. The van der Waals surface area contributed by atoms with Crippen LogP contribution in [0.4, 0.5) is 4.39 Å². The van der Waals surface area contributed by atoms with E-state index in [1.54, 1.807) is 19.2 Å². The van der Waals surface area contributed by atoms with Crippen molar-refractivity contribution in [2.24, 2.45) is 0 Å². The fraction of sp³-hybridized carbons (Fsp3) is 0.300. The molecule has 0 amide bonds. The maximum Gasteiger partial charge on any atom is 0.123 e. The van der Waals surface area contributed by atoms with Gasteiger partial charge in [-0.15, -0.1) is 0 Å². The van der Waals surface area contributed by atoms with Crippen LogP contribution in [-0.4, -0.2) is 30.1 Å². The summed E-state index contributed by atoms with van der Waals surface area (Å²) in [5, 5.41) is 0.953. The monoisotopic (exact) mass is 324 g/mol. The van der Waals surface area contributed by atoms with Crippen LogP contribution in [0.2, 0.25) is 0 Å². The predicted octanol–water partition coefficient (Wildman–Crippen LogP) is 4.50. The minimum Gasteiger partial charge on any atom is -0.497 e. The van der Waals surface area contributed by atoms with Crippen molar-refractivity contribution in [2.75, 3.05) is 20.2 Å². The number of nitrogens with one attached hydrogen (secondary N) is 1. The summed E-state index contributed by atoms with van der Waals surface area (Å²) in [4.78, 5) is 5.77. The lowest BCUT2D eigenvalue weighted by Crippen LogP contribution is -2.26. The van der Waals surface area contributed by atoms with E-state index in [4.69, 9.17) is 4.74 Å². The number of nitrogens with zero attached hydrogens (tertiary/aromatic N) is 1. The molecule has 0 radical (unpaired) electrons. The molecule has 1 aliphatic rings. The molecule has 124 valence electrons. The number of aromatic nitrogens is 1. The van der Waals surface area contributed by atoms with Crippen LogP contribution in [0.5, 0.6) is 5.75 Å². The number of halogens is 1. The van der Waals surface area contributed by atoms with Crippen LogP contribution >= 0.6 is 0 Å². The maximum absolute atomic E-state index is 13.8. The van der Waals surface area contributed by atoms with E-state index in [2.05, 4.69) is 22.0 Å². The van der Waals surface area contributed by atoms with E-state index in [-0.39, 0.29) is 11.9 Å². The molecule has 2 aromatic carbocycles. The normalized spacial score (nSPS) is 16.6. The maximum atomic E-state index is 13.8. The molecule has 1 aromatic heterocycles. The van der Waals surface area contributed by atoms with Gasteiger partial charge in [0.05, 0.1) is 13.2 Å². The number of methoxy groups -OCH3 is 1. The van der Waals surface area contributed by atoms with E-state index < -0.39 is 0 Å². The zero-order valence-electron chi connectivity index (χ0n) is 13.8. The third-order valence-electron chi connectivity index (χ3n) is 4.89. The second-order valence-electron chi connectivity index (χ2n) is 6.36. The molecule has 2 heterocycles. The highest BCUT2D eigenvalue weighted by atomic mass is 19.1. The van der Waals surface area contributed by atoms with Gasteiger partial charge in [0.25, 0.3) is 0 Å². The fourth-order valence-electron chi connectivity index (χ4n) is 3.74. The number of benzene rings is 2. The lowest BCUT2D eigenvalue weighted by atomic mass is 9.96. The zero-order valence-corrected chi connectivity index (χ0v) is 13.8. The molecule has 24 heavy (non-hydrogen) atoms. The zero-order chi connectivity index (χ0) is 16.5. The molecule has 1 fully saturated rings. The van der Waals surface area contributed by atoms with E-state index >= 15 is 0 Å². The van der Waals surface area contributed by atoms with Gasteiger partial charge < -0.3 is 9.72 Å². The highest BCUT2D eigenvalue weighted by Crippen LogP contribution is 2.36. The number of ether oxygens (including phenoxy) is 1. The van der Waals surface area contributed by atoms with E-state index in [1.807, 2.05) is 18.3 Å². The van der Waals surface area contributed by atoms with Crippen LogP contribution in [0.3, 0.4) is 0 Å². The molecule has 4 heteroatoms. The van der Waals surface area contributed by atoms with Crippen LogP contribution in [0.1, 0.15) is 30.0 Å². The number of aromatic amines is 1. The van der Waals surface area contributed by atoms with Crippen LogP contribution in [0.15, 0.2) is 48.7 Å². The van der Waals surface area contributed by atoms with Crippen molar-refractivity contribution in [1.29, 1.82) is 0 Å². The first-order chi connectivity index (χ1) is 11.8. The highest BCUT2D eigenvalue weighted by molar-refractivity contribution is 5.84. The summed E-state index contributed by atoms with van der Waals surface area (Å²) in [7, 11) is 1.69. The second-order valence-corrected chi connectivity index (χ2v) is 6.36. The molecule has 3 aromatic rings. The third-order valence-corrected chi connectivity index (χ3v) is 4.89. The Bertz CT molecular complexity index is 852. The average Bonchev–Trinajstić information content (AvgIpc) is 3.26. The Kier molecular flexibility index (Phi) is 3.98. The van der Waals surface area contributed by atoms with Crippen molar-refractivity contribution in [3.05, 3.63) is 65.6 Å². The van der Waals surface area contributed by atoms with Gasteiger partial charge in [0, 0.05) is 17.1 Å². The molecule has 0 aliphatic carbocycles. The first-order valence-electron chi connectivity index (χ1n) is 8.41. The quantitative estimate of drug-likeness (QED) is 0.765. The molecule has 1 unspecified atom stereocenters. The number of hydrogen-bond donors (Lipinski definition) is 1. The van der Waals surface area contributed by atoms with Gasteiger partial charge in [-0.3, -0.25) is 4.90 Å². The molecule has 1 atom stereocenters. The molecule has 1 aliphatic heterocycles. The van der Waals surface area contributed by atoms with E-state index in [1.165, 1.54) is 24.5 Å². The molecule has 3 nitrogen and oxygen atoms in total. The Balaban J connectivity index is 1.86. The van der Waals surface area contributed by atoms with Crippen LogP contribution in [0.25, 0.3) is 10.9 Å². The summed E-state index contributed by atoms with van der Waals surface area (Å²) in [6, 6.07) is 13.2. The number of likely N-dealkylation sites (tertiary alicyclic amines) is 1. The first kappa shape index (κ1) is 15.2. The third kappa shape index (κ3) is 2.67. The van der Waals surface area contributed by atoms with Crippen molar-refractivity contribution in [3.8, 4) is 5.75 Å². The minimum atomic E-state index is -0.200. The summed E-state index contributed by atoms with van der Waals surface area (Å²) in [5.74, 6) is 0.650. The molecule has 1 saturated heterocycles. The van der Waals surface area contributed by atoms with Crippen molar-refractivity contribution < 1.29 is 9.13 Å². The SMILES string of the molecule is COc1cccc(C(c2c[nH]c3ccc(F)cc23)N2CCCC2)c1. The molecule has 0 saturated carbocycles. The van der Waals surface area contributed by atoms with Gasteiger partial charge in [0.1, 0.15) is 11.6 Å². The molecular formula is C20H21FN2O. The molecule has 0 spiro atoms. The van der Waals surface area contributed by atoms with Gasteiger partial charge in [0.2, 0.25) is 0 Å². The van der Waals surface area contributed by atoms with E-state index in [0.717, 1.165) is 35.3 Å². The van der Waals surface area contributed by atoms with Crippen molar-refractivity contribution in [2.45, 2.75) is 18.9 Å². The smallest absolute Gasteiger partial charge is 0.123 e. The van der Waals surface area contributed by atoms with Crippen molar-refractivity contribution in [3.63, 3.8) is 0 Å². The molecule has 0 bridgehead atoms. The Labute approximate surface area is 141 Å². The predicted molar refractivity (Wildman–Crippen MR) is 93.9 cm³/mol.